The number of anilines is 1. The van der Waals surface area contributed by atoms with Crippen molar-refractivity contribution in [3.8, 4) is 0 Å². The van der Waals surface area contributed by atoms with Crippen molar-refractivity contribution in [3.63, 3.8) is 0 Å². The molecule has 2 aromatic carbocycles. The highest BCUT2D eigenvalue weighted by Gasteiger charge is 2.00. The Kier molecular flexibility index (Phi) is 3.92. The largest absolute Gasteiger partial charge is 0.384 e. The van der Waals surface area contributed by atoms with Crippen LogP contribution >= 0.6 is 11.8 Å². The number of halogens is 1. The number of aromatic nitrogens is 1. The maximum absolute atomic E-state index is 13.0. The molecule has 0 fully saturated rings. The van der Waals surface area contributed by atoms with Gasteiger partial charge in [-0.3, -0.25) is 0 Å². The zero-order chi connectivity index (χ0) is 13.8. The Balaban J connectivity index is 1.52. The molecule has 0 unspecified atom stereocenters. The molecule has 0 aliphatic heterocycles. The first-order valence-electron chi connectivity index (χ1n) is 6.51. The summed E-state index contributed by atoms with van der Waals surface area (Å²) in [5, 5.41) is 5.60. The van der Waals surface area contributed by atoms with Crippen molar-refractivity contribution in [1.82, 2.24) is 4.98 Å². The van der Waals surface area contributed by atoms with Gasteiger partial charge in [-0.1, -0.05) is 24.3 Å². The summed E-state index contributed by atoms with van der Waals surface area (Å²) < 4.78 is 13.0. The summed E-state index contributed by atoms with van der Waals surface area (Å²) in [6.45, 7) is 0.795. The van der Waals surface area contributed by atoms with E-state index in [9.17, 15) is 4.39 Å². The van der Waals surface area contributed by atoms with Crippen LogP contribution in [-0.2, 0) is 0 Å². The minimum absolute atomic E-state index is 0.210. The van der Waals surface area contributed by atoms with Gasteiger partial charge in [0.15, 0.2) is 0 Å². The minimum Gasteiger partial charge on any atom is -0.384 e. The van der Waals surface area contributed by atoms with Gasteiger partial charge < -0.3 is 10.3 Å². The first-order chi connectivity index (χ1) is 9.81. The monoisotopic (exact) mass is 286 g/mol. The predicted molar refractivity (Wildman–Crippen MR) is 83.9 cm³/mol. The summed E-state index contributed by atoms with van der Waals surface area (Å²) in [6.07, 6.45) is 0. The van der Waals surface area contributed by atoms with E-state index < -0.39 is 0 Å². The molecule has 3 rings (SSSR count). The minimum atomic E-state index is -0.210. The molecular formula is C16H15FN2S. The Morgan fingerprint density at radius 3 is 2.80 bits per heavy atom. The fraction of sp³-hybridized carbons (Fsp3) is 0.125. The van der Waals surface area contributed by atoms with Crippen molar-refractivity contribution >= 4 is 28.4 Å². The predicted octanol–water partition coefficient (Wildman–Crippen LogP) is 4.51. The molecule has 0 radical (unpaired) electrons. The van der Waals surface area contributed by atoms with Crippen LogP contribution < -0.4 is 5.32 Å². The molecule has 0 saturated carbocycles. The van der Waals surface area contributed by atoms with E-state index in [-0.39, 0.29) is 5.82 Å². The Morgan fingerprint density at radius 2 is 1.95 bits per heavy atom. The molecule has 2 N–H and O–H groups in total. The number of para-hydroxylation sites is 1. The molecule has 20 heavy (non-hydrogen) atoms. The Hall–Kier alpha value is -1.94. The van der Waals surface area contributed by atoms with E-state index in [1.54, 1.807) is 17.8 Å². The van der Waals surface area contributed by atoms with Crippen LogP contribution in [-0.4, -0.2) is 17.3 Å². The van der Waals surface area contributed by atoms with E-state index in [4.69, 9.17) is 0 Å². The lowest BCUT2D eigenvalue weighted by Gasteiger charge is -2.05. The number of thioether (sulfide) groups is 1. The SMILES string of the molecule is Fc1cccc(NCCSc2cc3ccccc3[nH]2)c1. The highest BCUT2D eigenvalue weighted by molar-refractivity contribution is 7.99. The number of rotatable bonds is 5. The molecule has 0 atom stereocenters. The first-order valence-corrected chi connectivity index (χ1v) is 7.50. The van der Waals surface area contributed by atoms with Gasteiger partial charge in [-0.05, 0) is 30.3 Å². The molecule has 0 bridgehead atoms. The lowest BCUT2D eigenvalue weighted by Crippen LogP contribution is -2.03. The normalized spacial score (nSPS) is 10.8. The summed E-state index contributed by atoms with van der Waals surface area (Å²) in [4.78, 5) is 3.38. The molecule has 0 aliphatic carbocycles. The van der Waals surface area contributed by atoms with Gasteiger partial charge in [-0.15, -0.1) is 11.8 Å². The number of fused-ring (bicyclic) bond motifs is 1. The van der Waals surface area contributed by atoms with Gasteiger partial charge in [0.2, 0.25) is 0 Å². The second kappa shape index (κ2) is 6.01. The van der Waals surface area contributed by atoms with Crippen molar-refractivity contribution in [1.29, 1.82) is 0 Å². The average molecular weight is 286 g/mol. The molecule has 0 spiro atoms. The summed E-state index contributed by atoms with van der Waals surface area (Å²) >= 11 is 1.76. The second-order valence-electron chi connectivity index (χ2n) is 4.51. The third-order valence-corrected chi connectivity index (χ3v) is 3.96. The molecule has 0 saturated heterocycles. The van der Waals surface area contributed by atoms with E-state index in [2.05, 4.69) is 28.5 Å². The first kappa shape index (κ1) is 13.1. The number of nitrogens with one attached hydrogen (secondary N) is 2. The summed E-state index contributed by atoms with van der Waals surface area (Å²) in [6, 6.07) is 16.9. The van der Waals surface area contributed by atoms with Crippen molar-refractivity contribution in [2.75, 3.05) is 17.6 Å². The second-order valence-corrected chi connectivity index (χ2v) is 5.64. The fourth-order valence-electron chi connectivity index (χ4n) is 2.08. The van der Waals surface area contributed by atoms with Gasteiger partial charge in [0, 0.05) is 28.9 Å². The van der Waals surface area contributed by atoms with Crippen LogP contribution in [0.1, 0.15) is 0 Å². The number of H-pyrrole nitrogens is 1. The molecule has 102 valence electrons. The van der Waals surface area contributed by atoms with E-state index >= 15 is 0 Å². The summed E-state index contributed by atoms with van der Waals surface area (Å²) in [7, 11) is 0. The van der Waals surface area contributed by atoms with Gasteiger partial charge in [0.05, 0.1) is 5.03 Å². The summed E-state index contributed by atoms with van der Waals surface area (Å²) in [5.41, 5.74) is 1.98. The number of hydrogen-bond donors (Lipinski definition) is 2. The Bertz CT molecular complexity index is 675. The van der Waals surface area contributed by atoms with E-state index in [1.165, 1.54) is 17.5 Å². The van der Waals surface area contributed by atoms with Crippen molar-refractivity contribution in [3.05, 3.63) is 60.4 Å². The molecule has 1 aromatic heterocycles. The van der Waals surface area contributed by atoms with Crippen LogP contribution in [0, 0.1) is 5.82 Å². The Labute approximate surface area is 121 Å². The standard InChI is InChI=1S/C16H15FN2S/c17-13-5-3-6-14(11-13)18-8-9-20-16-10-12-4-1-2-7-15(12)19-16/h1-7,10-11,18-19H,8-9H2. The van der Waals surface area contributed by atoms with Crippen LogP contribution in [0.4, 0.5) is 10.1 Å². The molecule has 4 heteroatoms. The highest BCUT2D eigenvalue weighted by atomic mass is 32.2. The molecule has 0 amide bonds. The zero-order valence-corrected chi connectivity index (χ0v) is 11.7. The van der Waals surface area contributed by atoms with E-state index in [1.807, 2.05) is 18.2 Å². The lowest BCUT2D eigenvalue weighted by atomic mass is 10.3. The van der Waals surface area contributed by atoms with Gasteiger partial charge in [0.25, 0.3) is 0 Å². The maximum atomic E-state index is 13.0. The molecule has 2 nitrogen and oxygen atoms in total. The van der Waals surface area contributed by atoms with Gasteiger partial charge in [-0.25, -0.2) is 4.39 Å². The van der Waals surface area contributed by atoms with Crippen LogP contribution in [0.15, 0.2) is 59.6 Å². The smallest absolute Gasteiger partial charge is 0.125 e. The number of aromatic amines is 1. The van der Waals surface area contributed by atoms with Crippen molar-refractivity contribution < 1.29 is 4.39 Å². The van der Waals surface area contributed by atoms with Gasteiger partial charge in [0.1, 0.15) is 5.82 Å². The van der Waals surface area contributed by atoms with Crippen LogP contribution in [0.2, 0.25) is 0 Å². The van der Waals surface area contributed by atoms with Gasteiger partial charge in [-0.2, -0.15) is 0 Å². The highest BCUT2D eigenvalue weighted by Crippen LogP contribution is 2.22. The molecule has 3 aromatic rings. The van der Waals surface area contributed by atoms with Crippen LogP contribution in [0.3, 0.4) is 0 Å². The average Bonchev–Trinajstić information content (AvgIpc) is 2.86. The lowest BCUT2D eigenvalue weighted by molar-refractivity contribution is 0.628. The third kappa shape index (κ3) is 3.14. The van der Waals surface area contributed by atoms with Gasteiger partial charge >= 0.3 is 0 Å². The Morgan fingerprint density at radius 1 is 1.05 bits per heavy atom. The fourth-order valence-corrected chi connectivity index (χ4v) is 2.90. The summed E-state index contributed by atoms with van der Waals surface area (Å²) in [5.74, 6) is 0.710. The van der Waals surface area contributed by atoms with Crippen LogP contribution in [0.25, 0.3) is 10.9 Å². The van der Waals surface area contributed by atoms with E-state index in [0.717, 1.165) is 28.5 Å². The molecular weight excluding hydrogens is 271 g/mol. The molecule has 1 heterocycles. The number of hydrogen-bond acceptors (Lipinski definition) is 2. The van der Waals surface area contributed by atoms with Crippen LogP contribution in [0.5, 0.6) is 0 Å². The number of benzene rings is 2. The molecule has 0 aliphatic rings. The zero-order valence-electron chi connectivity index (χ0n) is 10.9. The topological polar surface area (TPSA) is 27.8 Å². The van der Waals surface area contributed by atoms with Crippen molar-refractivity contribution in [2.24, 2.45) is 0 Å². The van der Waals surface area contributed by atoms with Crippen molar-refractivity contribution in [2.45, 2.75) is 5.03 Å². The van der Waals surface area contributed by atoms with E-state index in [0.29, 0.717) is 0 Å². The quantitative estimate of drug-likeness (QED) is 0.533. The third-order valence-electron chi connectivity index (χ3n) is 3.02. The maximum Gasteiger partial charge on any atom is 0.125 e.